The lowest BCUT2D eigenvalue weighted by atomic mass is 10.1. The van der Waals surface area contributed by atoms with Crippen LogP contribution in [-0.2, 0) is 0 Å². The van der Waals surface area contributed by atoms with Crippen molar-refractivity contribution in [2.45, 2.75) is 15.3 Å². The van der Waals surface area contributed by atoms with E-state index in [1.807, 2.05) is 0 Å². The van der Waals surface area contributed by atoms with E-state index in [1.165, 1.54) is 0 Å². The number of halogens is 7. The average Bonchev–Trinajstić information content (AvgIpc) is 2.71. The summed E-state index contributed by atoms with van der Waals surface area (Å²) in [6, 6.07) is 13.6. The van der Waals surface area contributed by atoms with Gasteiger partial charge in [-0.3, -0.25) is 0 Å². The van der Waals surface area contributed by atoms with Gasteiger partial charge in [0.1, 0.15) is 0 Å². The molecule has 128 valence electrons. The maximum Gasteiger partial charge on any atom is 0.673 e. The highest BCUT2D eigenvalue weighted by Crippen LogP contribution is 2.65. The van der Waals surface area contributed by atoms with E-state index in [-0.39, 0.29) is 9.90 Å². The lowest BCUT2D eigenvalue weighted by Gasteiger charge is -2.21. The van der Waals surface area contributed by atoms with Crippen molar-refractivity contribution in [1.29, 1.82) is 0 Å². The summed E-state index contributed by atoms with van der Waals surface area (Å²) in [6.07, 6.45) is 0. The van der Waals surface area contributed by atoms with Crippen molar-refractivity contribution in [2.24, 2.45) is 0 Å². The first-order valence-electron chi connectivity index (χ1n) is 6.02. The minimum absolute atomic E-state index is 0. The van der Waals surface area contributed by atoms with Crippen LogP contribution in [0.2, 0.25) is 0 Å². The molecule has 1 aliphatic rings. The van der Waals surface area contributed by atoms with Crippen LogP contribution in [0.5, 0.6) is 0 Å². The first-order valence-corrected chi connectivity index (χ1v) is 7.36. The average molecular weight is 376 g/mol. The molecule has 0 bridgehead atoms. The van der Waals surface area contributed by atoms with E-state index < -0.39 is 23.7 Å². The van der Waals surface area contributed by atoms with Gasteiger partial charge in [-0.15, -0.1) is 10.9 Å². The number of benzene rings is 2. The molecule has 0 N–H and O–H groups in total. The second-order valence-corrected chi connectivity index (χ2v) is 6.47. The van der Waals surface area contributed by atoms with Crippen LogP contribution in [0.25, 0.3) is 11.1 Å². The Bertz CT molecular complexity index is 620. The molecule has 0 nitrogen and oxygen atoms in total. The second-order valence-electron chi connectivity index (χ2n) is 4.33. The number of rotatable bonds is 0. The summed E-state index contributed by atoms with van der Waals surface area (Å²) in [7, 11) is -8.22. The molecule has 0 aromatic heterocycles. The Morgan fingerprint density at radius 3 is 1.30 bits per heavy atom. The van der Waals surface area contributed by atoms with Crippen molar-refractivity contribution in [3.05, 3.63) is 48.5 Å². The largest absolute Gasteiger partial charge is 0.673 e. The molecule has 0 fully saturated rings. The highest BCUT2D eigenvalue weighted by atomic mass is 32.2. The summed E-state index contributed by atoms with van der Waals surface area (Å²) in [5.41, 5.74) is -2.71. The number of hydrogen-bond donors (Lipinski definition) is 1. The molecule has 3 rings (SSSR count). The predicted octanol–water partition coefficient (Wildman–Crippen LogP) is 5.70. The van der Waals surface area contributed by atoms with Crippen molar-refractivity contribution in [1.82, 2.24) is 0 Å². The molecule has 2 aromatic rings. The third-order valence-electron chi connectivity index (χ3n) is 2.83. The smallest absolute Gasteiger partial charge is 0.418 e. The summed E-state index contributed by atoms with van der Waals surface area (Å²) in [5, 5.41) is 0. The highest BCUT2D eigenvalue weighted by molar-refractivity contribution is 8.18. The standard InChI is InChI=1S/C13H9F3S.BF4.H3P/c14-13(15,16)17-11-7-3-1-5-9(11)10-6-2-4-8-12(10)17;2-1(3,4)5;/h1-8,17H;;1H3/q;-1;/p+1. The molecule has 0 amide bonds. The van der Waals surface area contributed by atoms with E-state index in [4.69, 9.17) is 0 Å². The Balaban J connectivity index is 0.000000390. The summed E-state index contributed by atoms with van der Waals surface area (Å²) in [5.74, 6) is 0. The van der Waals surface area contributed by atoms with Gasteiger partial charge >= 0.3 is 12.8 Å². The Labute approximate surface area is 134 Å². The van der Waals surface area contributed by atoms with Gasteiger partial charge in [0.25, 0.3) is 0 Å². The van der Waals surface area contributed by atoms with Gasteiger partial charge in [-0.2, -0.15) is 13.2 Å². The first kappa shape index (κ1) is 19.8. The zero-order valence-electron chi connectivity index (χ0n) is 11.8. The molecule has 2 aromatic carbocycles. The van der Waals surface area contributed by atoms with Gasteiger partial charge in [0, 0.05) is 9.79 Å². The van der Waals surface area contributed by atoms with E-state index in [1.54, 1.807) is 48.5 Å². The topological polar surface area (TPSA) is 0 Å². The number of hydrogen-bond acceptors (Lipinski definition) is 0. The number of fused-ring (bicyclic) bond motifs is 3. The molecule has 0 saturated heterocycles. The molecule has 1 atom stereocenters. The van der Waals surface area contributed by atoms with Crippen molar-refractivity contribution in [3.63, 3.8) is 0 Å². The monoisotopic (exact) mass is 376 g/mol. The quantitative estimate of drug-likeness (QED) is 0.260. The Morgan fingerprint density at radius 1 is 0.696 bits per heavy atom. The van der Waals surface area contributed by atoms with Crippen LogP contribution in [-0.4, -0.2) is 12.8 Å². The molecule has 1 unspecified atom stereocenters. The SMILES string of the molecule is FC(F)(F)[SH]1c2ccccc2-c2ccccc21.F[B-](F)(F)F.[PH4+]. The summed E-state index contributed by atoms with van der Waals surface area (Å²) in [4.78, 5) is 0.854. The molecule has 1 heterocycles. The van der Waals surface area contributed by atoms with Crippen LogP contribution >= 0.6 is 20.8 Å². The predicted molar refractivity (Wildman–Crippen MR) is 86.1 cm³/mol. The molecule has 0 aliphatic carbocycles. The van der Waals surface area contributed by atoms with Gasteiger partial charge in [0.15, 0.2) is 0 Å². The fraction of sp³-hybridized carbons (Fsp3) is 0.0769. The fourth-order valence-corrected chi connectivity index (χ4v) is 4.34. The molecule has 0 saturated carbocycles. The van der Waals surface area contributed by atoms with Crippen LogP contribution in [0.15, 0.2) is 58.3 Å². The lowest BCUT2D eigenvalue weighted by Crippen LogP contribution is -2.07. The van der Waals surface area contributed by atoms with Crippen LogP contribution < -0.4 is 0 Å². The number of alkyl halides is 3. The van der Waals surface area contributed by atoms with Gasteiger partial charge in [-0.25, -0.2) is 0 Å². The van der Waals surface area contributed by atoms with Crippen molar-refractivity contribution in [3.8, 4) is 11.1 Å². The van der Waals surface area contributed by atoms with E-state index >= 15 is 0 Å². The number of thiol groups is 1. The maximum absolute atomic E-state index is 13.1. The van der Waals surface area contributed by atoms with E-state index in [9.17, 15) is 30.4 Å². The molecule has 23 heavy (non-hydrogen) atoms. The third kappa shape index (κ3) is 4.88. The molecule has 10 heteroatoms. The zero-order valence-corrected chi connectivity index (χ0v) is 14.7. The van der Waals surface area contributed by atoms with Crippen LogP contribution in [0.4, 0.5) is 30.4 Å². The molecular weight excluding hydrogens is 363 g/mol. The fourth-order valence-electron chi connectivity index (χ4n) is 2.20. The first-order chi connectivity index (χ1) is 10.1. The van der Waals surface area contributed by atoms with Crippen molar-refractivity contribution >= 4 is 28.0 Å². The van der Waals surface area contributed by atoms with Crippen LogP contribution in [0.3, 0.4) is 0 Å². The maximum atomic E-state index is 13.1. The van der Waals surface area contributed by atoms with Gasteiger partial charge in [0.2, 0.25) is 0 Å². The minimum atomic E-state index is -6.00. The minimum Gasteiger partial charge on any atom is -0.418 e. The van der Waals surface area contributed by atoms with Gasteiger partial charge < -0.3 is 17.3 Å². The van der Waals surface area contributed by atoms with E-state index in [0.717, 1.165) is 11.1 Å². The Morgan fingerprint density at radius 2 is 1.00 bits per heavy atom. The third-order valence-corrected chi connectivity index (χ3v) is 5.08. The highest BCUT2D eigenvalue weighted by Gasteiger charge is 2.43. The lowest BCUT2D eigenvalue weighted by molar-refractivity contribution is -0.0353. The second kappa shape index (κ2) is 7.13. The summed E-state index contributed by atoms with van der Waals surface area (Å²) < 4.78 is 78.4. The molecule has 0 spiro atoms. The normalized spacial score (nSPS) is 14.1. The van der Waals surface area contributed by atoms with E-state index in [2.05, 4.69) is 0 Å². The van der Waals surface area contributed by atoms with E-state index in [0.29, 0.717) is 9.79 Å². The zero-order chi connectivity index (χ0) is 16.5. The van der Waals surface area contributed by atoms with Crippen LogP contribution in [0.1, 0.15) is 0 Å². The Hall–Kier alpha value is -1.21. The van der Waals surface area contributed by atoms with Crippen molar-refractivity contribution in [2.75, 3.05) is 0 Å². The van der Waals surface area contributed by atoms with Crippen LogP contribution in [0, 0.1) is 0 Å². The molecule has 0 radical (unpaired) electrons. The van der Waals surface area contributed by atoms with Gasteiger partial charge in [0.05, 0.1) is 0 Å². The molecular formula is C13H13BF7PS. The van der Waals surface area contributed by atoms with Gasteiger partial charge in [-0.1, -0.05) is 36.4 Å². The van der Waals surface area contributed by atoms with Crippen molar-refractivity contribution < 1.29 is 30.4 Å². The van der Waals surface area contributed by atoms with Gasteiger partial charge in [-0.05, 0) is 33.2 Å². The molecule has 1 aliphatic heterocycles. The Kier molecular flexibility index (Phi) is 6.15. The summed E-state index contributed by atoms with van der Waals surface area (Å²) >= 11 is 0. The summed E-state index contributed by atoms with van der Waals surface area (Å²) in [6.45, 7) is 0.